The van der Waals surface area contributed by atoms with Gasteiger partial charge in [0.05, 0.1) is 30.4 Å². The largest absolute Gasteiger partial charge is 0.380 e. The number of pyridine rings is 1. The second-order valence-electron chi connectivity index (χ2n) is 9.23. The number of ether oxygens (including phenoxy) is 1. The average molecular weight is 435 g/mol. The van der Waals surface area contributed by atoms with Gasteiger partial charge in [0.2, 0.25) is 5.95 Å². The number of hydrogen-bond acceptors (Lipinski definition) is 7. The second-order valence-corrected chi connectivity index (χ2v) is 9.23. The zero-order chi connectivity index (χ0) is 21.9. The molecular formula is C22H25N7O3. The van der Waals surface area contributed by atoms with Gasteiger partial charge in [-0.3, -0.25) is 14.3 Å². The van der Waals surface area contributed by atoms with E-state index in [2.05, 4.69) is 20.1 Å². The molecule has 3 aromatic heterocycles. The number of aryl methyl sites for hydroxylation is 1. The number of amides is 1. The molecule has 10 heteroatoms. The summed E-state index contributed by atoms with van der Waals surface area (Å²) < 4.78 is 8.52. The summed E-state index contributed by atoms with van der Waals surface area (Å²) in [5.41, 5.74) is 2.39. The van der Waals surface area contributed by atoms with Crippen molar-refractivity contribution < 1.29 is 14.3 Å². The number of likely N-dealkylation sites (tertiary alicyclic amines) is 1. The van der Waals surface area contributed by atoms with E-state index in [1.165, 1.54) is 10.9 Å². The number of fused-ring (bicyclic) bond motifs is 1. The van der Waals surface area contributed by atoms with Crippen LogP contribution in [0.1, 0.15) is 39.3 Å². The van der Waals surface area contributed by atoms with Crippen LogP contribution >= 0.6 is 0 Å². The number of rotatable bonds is 5. The Balaban J connectivity index is 1.20. The maximum Gasteiger partial charge on any atom is 0.257 e. The predicted molar refractivity (Wildman–Crippen MR) is 115 cm³/mol. The van der Waals surface area contributed by atoms with Gasteiger partial charge in [0, 0.05) is 45.8 Å². The fraction of sp³-hybridized carbons (Fsp3) is 0.500. The highest BCUT2D eigenvalue weighted by atomic mass is 16.5. The van der Waals surface area contributed by atoms with Crippen molar-refractivity contribution in [2.24, 2.45) is 12.5 Å². The first kappa shape index (κ1) is 19.4. The normalized spacial score (nSPS) is 19.4. The molecular weight excluding hydrogens is 410 g/mol. The first-order valence-corrected chi connectivity index (χ1v) is 11.0. The van der Waals surface area contributed by atoms with Gasteiger partial charge in [0.15, 0.2) is 11.4 Å². The Morgan fingerprint density at radius 2 is 1.97 bits per heavy atom. The van der Waals surface area contributed by atoms with Crippen LogP contribution in [0.5, 0.6) is 0 Å². The quantitative estimate of drug-likeness (QED) is 0.551. The lowest BCUT2D eigenvalue weighted by atomic mass is 9.77. The zero-order valence-corrected chi connectivity index (χ0v) is 18.0. The van der Waals surface area contributed by atoms with Crippen LogP contribution < -0.4 is 4.90 Å². The van der Waals surface area contributed by atoms with Crippen LogP contribution in [0.25, 0.3) is 5.65 Å². The summed E-state index contributed by atoms with van der Waals surface area (Å²) >= 11 is 0. The molecule has 3 aromatic rings. The molecule has 3 aliphatic heterocycles. The monoisotopic (exact) mass is 435 g/mol. The number of hydrogen-bond donors (Lipinski definition) is 0. The van der Waals surface area contributed by atoms with E-state index >= 15 is 0 Å². The van der Waals surface area contributed by atoms with Gasteiger partial charge in [-0.15, -0.1) is 5.10 Å². The summed E-state index contributed by atoms with van der Waals surface area (Å²) in [7, 11) is 1.70. The lowest BCUT2D eigenvalue weighted by Gasteiger charge is -2.54. The number of carbonyl (C=O) groups is 2. The molecule has 3 saturated heterocycles. The SMILES string of the molecule is Cn1ncc(C(=O)N2CC3(COC3)C2)c1C(=O)Cc1ccn2nc(N3CCCC3)nc2c1. The maximum absolute atomic E-state index is 13.2. The van der Waals surface area contributed by atoms with Crippen LogP contribution in [0.3, 0.4) is 0 Å². The molecule has 0 radical (unpaired) electrons. The standard InChI is InChI=1S/C22H25N7O3/c1-26-19(16(10-23-26)20(31)28-11-22(12-28)13-32-14-22)17(30)8-15-4-7-29-18(9-15)24-21(25-29)27-5-2-3-6-27/h4,7,9-10H,2-3,5-6,8,11-14H2,1H3. The molecule has 3 aliphatic rings. The molecule has 0 saturated carbocycles. The highest BCUT2D eigenvalue weighted by molar-refractivity contribution is 6.07. The maximum atomic E-state index is 13.2. The predicted octanol–water partition coefficient (Wildman–Crippen LogP) is 0.961. The molecule has 0 aliphatic carbocycles. The van der Waals surface area contributed by atoms with Crippen LogP contribution in [0, 0.1) is 5.41 Å². The molecule has 166 valence electrons. The molecule has 0 unspecified atom stereocenters. The van der Waals surface area contributed by atoms with Crippen molar-refractivity contribution in [3.8, 4) is 0 Å². The molecule has 3 fully saturated rings. The Hall–Kier alpha value is -3.27. The van der Waals surface area contributed by atoms with Crippen molar-refractivity contribution in [2.75, 3.05) is 44.3 Å². The topological polar surface area (TPSA) is 97.9 Å². The van der Waals surface area contributed by atoms with Gasteiger partial charge in [0.25, 0.3) is 5.91 Å². The van der Waals surface area contributed by atoms with Crippen LogP contribution in [0.2, 0.25) is 0 Å². The third-order valence-corrected chi connectivity index (χ3v) is 6.73. The van der Waals surface area contributed by atoms with Crippen molar-refractivity contribution in [1.29, 1.82) is 0 Å². The molecule has 0 aromatic carbocycles. The van der Waals surface area contributed by atoms with Crippen molar-refractivity contribution in [2.45, 2.75) is 19.3 Å². The fourth-order valence-electron chi connectivity index (χ4n) is 4.92. The van der Waals surface area contributed by atoms with Crippen LogP contribution in [-0.2, 0) is 18.2 Å². The van der Waals surface area contributed by atoms with E-state index in [0.717, 1.165) is 37.4 Å². The molecule has 1 spiro atoms. The van der Waals surface area contributed by atoms with E-state index in [9.17, 15) is 9.59 Å². The number of Topliss-reactive ketones (excluding diaryl/α,β-unsaturated/α-hetero) is 1. The average Bonchev–Trinajstić information content (AvgIpc) is 3.44. The van der Waals surface area contributed by atoms with Gasteiger partial charge >= 0.3 is 0 Å². The van der Waals surface area contributed by atoms with E-state index in [0.29, 0.717) is 43.2 Å². The van der Waals surface area contributed by atoms with E-state index in [1.807, 2.05) is 18.3 Å². The highest BCUT2D eigenvalue weighted by Gasteiger charge is 2.51. The van der Waals surface area contributed by atoms with Crippen molar-refractivity contribution in [3.05, 3.63) is 41.3 Å². The summed E-state index contributed by atoms with van der Waals surface area (Å²) in [6.45, 7) is 4.73. The van der Waals surface area contributed by atoms with Crippen LogP contribution in [-0.4, -0.2) is 80.4 Å². The smallest absolute Gasteiger partial charge is 0.257 e. The molecule has 0 N–H and O–H groups in total. The van der Waals surface area contributed by atoms with Gasteiger partial charge in [-0.05, 0) is 30.5 Å². The van der Waals surface area contributed by atoms with Gasteiger partial charge in [-0.25, -0.2) is 4.52 Å². The van der Waals surface area contributed by atoms with E-state index in [1.54, 1.807) is 16.5 Å². The Bertz CT molecular complexity index is 1210. The van der Waals surface area contributed by atoms with Gasteiger partial charge < -0.3 is 14.5 Å². The number of anilines is 1. The van der Waals surface area contributed by atoms with Crippen molar-refractivity contribution >= 4 is 23.3 Å². The molecule has 6 rings (SSSR count). The van der Waals surface area contributed by atoms with Crippen molar-refractivity contribution in [1.82, 2.24) is 29.3 Å². The summed E-state index contributed by atoms with van der Waals surface area (Å²) in [5.74, 6) is 0.455. The first-order chi connectivity index (χ1) is 15.5. The number of carbonyl (C=O) groups excluding carboxylic acids is 2. The number of ketones is 1. The van der Waals surface area contributed by atoms with Gasteiger partial charge in [0.1, 0.15) is 5.69 Å². The van der Waals surface area contributed by atoms with Gasteiger partial charge in [-0.1, -0.05) is 0 Å². The molecule has 1 amide bonds. The van der Waals surface area contributed by atoms with Crippen LogP contribution in [0.15, 0.2) is 24.5 Å². The second kappa shape index (κ2) is 7.13. The number of nitrogens with zero attached hydrogens (tertiary/aromatic N) is 7. The molecule has 0 bridgehead atoms. The minimum Gasteiger partial charge on any atom is -0.380 e. The third kappa shape index (κ3) is 3.09. The summed E-state index contributed by atoms with van der Waals surface area (Å²) in [4.78, 5) is 34.8. The minimum absolute atomic E-state index is 0.129. The Labute approximate surface area is 184 Å². The van der Waals surface area contributed by atoms with Crippen LogP contribution in [0.4, 0.5) is 5.95 Å². The first-order valence-electron chi connectivity index (χ1n) is 11.0. The Morgan fingerprint density at radius 1 is 1.19 bits per heavy atom. The summed E-state index contributed by atoms with van der Waals surface area (Å²) in [6, 6.07) is 3.76. The van der Waals surface area contributed by atoms with Gasteiger partial charge in [-0.2, -0.15) is 10.1 Å². The molecule has 6 heterocycles. The third-order valence-electron chi connectivity index (χ3n) is 6.73. The van der Waals surface area contributed by atoms with Crippen molar-refractivity contribution in [3.63, 3.8) is 0 Å². The fourth-order valence-corrected chi connectivity index (χ4v) is 4.92. The lowest BCUT2D eigenvalue weighted by Crippen LogP contribution is -2.67. The Kier molecular flexibility index (Phi) is 4.32. The lowest BCUT2D eigenvalue weighted by molar-refractivity contribution is -0.176. The molecule has 32 heavy (non-hydrogen) atoms. The summed E-state index contributed by atoms with van der Waals surface area (Å²) in [5, 5.41) is 8.75. The number of aromatic nitrogens is 5. The highest BCUT2D eigenvalue weighted by Crippen LogP contribution is 2.38. The van der Waals surface area contributed by atoms with E-state index < -0.39 is 0 Å². The summed E-state index contributed by atoms with van der Waals surface area (Å²) in [6.07, 6.45) is 5.82. The Morgan fingerprint density at radius 3 is 2.69 bits per heavy atom. The zero-order valence-electron chi connectivity index (χ0n) is 18.0. The molecule has 0 atom stereocenters. The van der Waals surface area contributed by atoms with E-state index in [-0.39, 0.29) is 23.5 Å². The van der Waals surface area contributed by atoms with E-state index in [4.69, 9.17) is 4.74 Å². The minimum atomic E-state index is -0.140. The molecule has 10 nitrogen and oxygen atoms in total.